The van der Waals surface area contributed by atoms with Crippen LogP contribution in [0.3, 0.4) is 0 Å². The average Bonchev–Trinajstić information content (AvgIpc) is 2.84. The molecule has 0 saturated heterocycles. The number of nitrogen functional groups attached to an aromatic ring is 1. The molecule has 0 aliphatic heterocycles. The molecule has 1 aromatic heterocycles. The van der Waals surface area contributed by atoms with Crippen molar-refractivity contribution in [1.82, 2.24) is 14.0 Å². The molecule has 1 heterocycles. The Kier molecular flexibility index (Phi) is 8.73. The number of amidine groups is 1. The summed E-state index contributed by atoms with van der Waals surface area (Å²) in [6.07, 6.45) is 3.63. The third-order valence-electron chi connectivity index (χ3n) is 6.58. The van der Waals surface area contributed by atoms with Gasteiger partial charge in [0.2, 0.25) is 5.88 Å². The van der Waals surface area contributed by atoms with Crippen molar-refractivity contribution in [3.8, 4) is 5.88 Å². The third kappa shape index (κ3) is 6.12. The fourth-order valence-electron chi connectivity index (χ4n) is 4.61. The van der Waals surface area contributed by atoms with E-state index in [0.29, 0.717) is 25.8 Å². The van der Waals surface area contributed by atoms with Crippen molar-refractivity contribution in [2.45, 2.75) is 64.6 Å². The summed E-state index contributed by atoms with van der Waals surface area (Å²) in [6, 6.07) is 9.13. The Balaban J connectivity index is 1.66. The van der Waals surface area contributed by atoms with E-state index in [-0.39, 0.29) is 30.7 Å². The van der Waals surface area contributed by atoms with E-state index in [2.05, 4.69) is 0 Å². The summed E-state index contributed by atoms with van der Waals surface area (Å²) in [4.78, 5) is 40.1. The molecule has 2 aromatic rings. The van der Waals surface area contributed by atoms with Crippen LogP contribution in [0.25, 0.3) is 0 Å². The Morgan fingerprint density at radius 2 is 1.86 bits per heavy atom. The minimum Gasteiger partial charge on any atom is -0.494 e. The second kappa shape index (κ2) is 11.7. The second-order valence-electron chi connectivity index (χ2n) is 9.17. The van der Waals surface area contributed by atoms with Gasteiger partial charge in [0, 0.05) is 26.2 Å². The number of nitrogens with zero attached hydrogens (tertiary/aromatic N) is 3. The number of nitrogens with two attached hydrogens (primary N) is 1. The number of amides is 1. The predicted molar refractivity (Wildman–Crippen MR) is 133 cm³/mol. The van der Waals surface area contributed by atoms with Crippen LogP contribution in [0, 0.1) is 11.3 Å². The zero-order valence-corrected chi connectivity index (χ0v) is 20.4. The quantitative estimate of drug-likeness (QED) is 0.368. The average molecular weight is 486 g/mol. The number of ether oxygens (including phenoxy) is 1. The van der Waals surface area contributed by atoms with Gasteiger partial charge in [-0.25, -0.2) is 9.59 Å². The minimum absolute atomic E-state index is 0.211. The third-order valence-corrected chi connectivity index (χ3v) is 6.58. The Morgan fingerprint density at radius 3 is 2.46 bits per heavy atom. The molecular weight excluding hydrogens is 450 g/mol. The van der Waals surface area contributed by atoms with Crippen LogP contribution in [-0.4, -0.2) is 44.7 Å². The fourth-order valence-corrected chi connectivity index (χ4v) is 4.61. The molecule has 10 heteroatoms. The monoisotopic (exact) mass is 485 g/mol. The number of aromatic nitrogens is 2. The van der Waals surface area contributed by atoms with Crippen LogP contribution in [0.2, 0.25) is 0 Å². The molecule has 3 rings (SSSR count). The fraction of sp³-hybridized carbons (Fsp3) is 0.520. The summed E-state index contributed by atoms with van der Waals surface area (Å²) < 4.78 is 7.68. The first-order chi connectivity index (χ1) is 16.7. The van der Waals surface area contributed by atoms with Gasteiger partial charge >= 0.3 is 11.8 Å². The molecule has 1 fully saturated rings. The van der Waals surface area contributed by atoms with Crippen molar-refractivity contribution >= 4 is 11.9 Å². The molecule has 0 spiro atoms. The van der Waals surface area contributed by atoms with E-state index in [4.69, 9.17) is 15.9 Å². The molecule has 35 heavy (non-hydrogen) atoms. The Bertz CT molecular complexity index is 1150. The maximum atomic E-state index is 13.1. The Morgan fingerprint density at radius 1 is 1.20 bits per heavy atom. The van der Waals surface area contributed by atoms with E-state index in [1.54, 1.807) is 11.9 Å². The molecule has 0 atom stereocenters. The van der Waals surface area contributed by atoms with E-state index < -0.39 is 29.1 Å². The number of benzene rings is 1. The molecule has 0 radical (unpaired) electrons. The molecule has 0 unspecified atom stereocenters. The first kappa shape index (κ1) is 26.1. The van der Waals surface area contributed by atoms with Gasteiger partial charge in [-0.1, -0.05) is 43.7 Å². The molecule has 4 N–H and O–H groups in total. The highest BCUT2D eigenvalue weighted by molar-refractivity contribution is 5.96. The molecule has 1 amide bonds. The lowest BCUT2D eigenvalue weighted by Gasteiger charge is -2.32. The first-order valence-corrected chi connectivity index (χ1v) is 12.1. The lowest BCUT2D eigenvalue weighted by Crippen LogP contribution is -2.46. The smallest absolute Gasteiger partial charge is 0.409 e. The predicted octanol–water partition coefficient (Wildman–Crippen LogP) is 2.80. The van der Waals surface area contributed by atoms with Crippen LogP contribution < -0.4 is 17.0 Å². The van der Waals surface area contributed by atoms with Crippen molar-refractivity contribution in [2.24, 2.45) is 11.7 Å². The highest BCUT2D eigenvalue weighted by atomic mass is 16.6. The van der Waals surface area contributed by atoms with Crippen LogP contribution in [-0.2, 0) is 17.9 Å². The largest absolute Gasteiger partial charge is 0.494 e. The normalized spacial score (nSPS) is 17.7. The summed E-state index contributed by atoms with van der Waals surface area (Å²) in [5.41, 5.74) is 4.87. The van der Waals surface area contributed by atoms with Crippen molar-refractivity contribution in [3.63, 3.8) is 0 Å². The zero-order chi connectivity index (χ0) is 25.5. The number of nitrogens with one attached hydrogen (secondary N) is 1. The number of hydrogen-bond acceptors (Lipinski definition) is 6. The number of unbranched alkanes of at least 4 members (excludes halogenated alkanes) is 1. The summed E-state index contributed by atoms with van der Waals surface area (Å²) in [6.45, 7) is 2.93. The van der Waals surface area contributed by atoms with Gasteiger partial charge in [-0.05, 0) is 43.6 Å². The van der Waals surface area contributed by atoms with Gasteiger partial charge in [-0.2, -0.15) is 0 Å². The van der Waals surface area contributed by atoms with Gasteiger partial charge < -0.3 is 20.5 Å². The standard InChI is InChI=1S/C25H35N5O5/c1-3-4-14-29-22(31)20(21(26)27)23(32)30(24(29)33)19-12-10-17(11-13-19)15-28(2)25(34)35-16-18-8-6-5-7-9-18/h5-9,17,19,31H,3-4,10-16H2,1-2H3,(H3,26,27). The number of hydrogen-bond donors (Lipinski definition) is 3. The number of carbonyl (C=O) groups is 1. The maximum Gasteiger partial charge on any atom is 0.409 e. The SMILES string of the molecule is CCCCn1c(O)c(C(=N)N)c(=O)n(C2CCC(CN(C)C(=O)OCc3ccccc3)CC2)c1=O. The Labute approximate surface area is 204 Å². The van der Waals surface area contributed by atoms with Crippen LogP contribution in [0.5, 0.6) is 5.88 Å². The van der Waals surface area contributed by atoms with Crippen molar-refractivity contribution < 1.29 is 14.6 Å². The van der Waals surface area contributed by atoms with E-state index in [9.17, 15) is 19.5 Å². The molecule has 10 nitrogen and oxygen atoms in total. The molecule has 1 saturated carbocycles. The van der Waals surface area contributed by atoms with Gasteiger partial charge in [0.15, 0.2) is 0 Å². The lowest BCUT2D eigenvalue weighted by atomic mass is 9.85. The van der Waals surface area contributed by atoms with Crippen LogP contribution >= 0.6 is 0 Å². The minimum atomic E-state index is -0.724. The van der Waals surface area contributed by atoms with E-state index in [1.807, 2.05) is 37.3 Å². The number of rotatable bonds is 9. The number of aromatic hydroxyl groups is 1. The van der Waals surface area contributed by atoms with Gasteiger partial charge in [-0.15, -0.1) is 0 Å². The highest BCUT2D eigenvalue weighted by Crippen LogP contribution is 2.31. The molecule has 1 aliphatic carbocycles. The zero-order valence-electron chi connectivity index (χ0n) is 20.4. The Hall–Kier alpha value is -3.56. The maximum absolute atomic E-state index is 13.1. The first-order valence-electron chi connectivity index (χ1n) is 12.1. The molecule has 190 valence electrons. The highest BCUT2D eigenvalue weighted by Gasteiger charge is 2.29. The summed E-state index contributed by atoms with van der Waals surface area (Å²) in [5.74, 6) is -0.889. The van der Waals surface area contributed by atoms with Crippen molar-refractivity contribution in [2.75, 3.05) is 13.6 Å². The summed E-state index contributed by atoms with van der Waals surface area (Å²) >= 11 is 0. The summed E-state index contributed by atoms with van der Waals surface area (Å²) in [7, 11) is 1.70. The van der Waals surface area contributed by atoms with Crippen molar-refractivity contribution in [1.29, 1.82) is 5.41 Å². The van der Waals surface area contributed by atoms with E-state index >= 15 is 0 Å². The van der Waals surface area contributed by atoms with Crippen molar-refractivity contribution in [3.05, 3.63) is 62.3 Å². The number of carbonyl (C=O) groups excluding carboxylic acids is 1. The van der Waals surface area contributed by atoms with Crippen LogP contribution in [0.15, 0.2) is 39.9 Å². The van der Waals surface area contributed by atoms with Gasteiger partial charge in [0.05, 0.1) is 0 Å². The van der Waals surface area contributed by atoms with E-state index in [0.717, 1.165) is 34.0 Å². The van der Waals surface area contributed by atoms with Gasteiger partial charge in [-0.3, -0.25) is 19.3 Å². The molecular formula is C25H35N5O5. The van der Waals surface area contributed by atoms with Crippen LogP contribution in [0.4, 0.5) is 4.79 Å². The van der Waals surface area contributed by atoms with Crippen LogP contribution in [0.1, 0.15) is 62.6 Å². The van der Waals surface area contributed by atoms with Gasteiger partial charge in [0.1, 0.15) is 18.0 Å². The molecule has 1 aromatic carbocycles. The van der Waals surface area contributed by atoms with Gasteiger partial charge in [0.25, 0.3) is 5.56 Å². The van der Waals surface area contributed by atoms with E-state index in [1.165, 1.54) is 0 Å². The topological polar surface area (TPSA) is 144 Å². The lowest BCUT2D eigenvalue weighted by molar-refractivity contribution is 0.0948. The second-order valence-corrected chi connectivity index (χ2v) is 9.17. The molecule has 0 bridgehead atoms. The summed E-state index contributed by atoms with van der Waals surface area (Å²) in [5, 5.41) is 18.2. The molecule has 1 aliphatic rings.